The summed E-state index contributed by atoms with van der Waals surface area (Å²) in [5, 5.41) is 3.21. The summed E-state index contributed by atoms with van der Waals surface area (Å²) in [6.45, 7) is 4.38. The van der Waals surface area contributed by atoms with Gasteiger partial charge in [-0.25, -0.2) is 0 Å². The highest BCUT2D eigenvalue weighted by Crippen LogP contribution is 2.44. The quantitative estimate of drug-likeness (QED) is 0.684. The average molecular weight is 195 g/mol. The zero-order chi connectivity index (χ0) is 10.2. The van der Waals surface area contributed by atoms with Crippen LogP contribution in [0.1, 0.15) is 52.4 Å². The van der Waals surface area contributed by atoms with Gasteiger partial charge >= 0.3 is 0 Å². The van der Waals surface area contributed by atoms with Gasteiger partial charge < -0.3 is 5.32 Å². The van der Waals surface area contributed by atoms with E-state index in [0.717, 1.165) is 19.3 Å². The molecular formula is C12H21NO. The summed E-state index contributed by atoms with van der Waals surface area (Å²) in [7, 11) is 0. The summed E-state index contributed by atoms with van der Waals surface area (Å²) in [6, 6.07) is 0.425. The number of hydrogen-bond donors (Lipinski definition) is 1. The number of rotatable bonds is 1. The predicted molar refractivity (Wildman–Crippen MR) is 56.9 cm³/mol. The zero-order valence-corrected chi connectivity index (χ0v) is 9.31. The molecule has 2 nitrogen and oxygen atoms in total. The van der Waals surface area contributed by atoms with Crippen LogP contribution in [0.25, 0.3) is 0 Å². The van der Waals surface area contributed by atoms with Crippen molar-refractivity contribution in [3.8, 4) is 0 Å². The summed E-state index contributed by atoms with van der Waals surface area (Å²) in [5.41, 5.74) is 0.0470. The molecule has 1 saturated carbocycles. The first-order valence-electron chi connectivity index (χ1n) is 5.95. The molecule has 1 aliphatic heterocycles. The van der Waals surface area contributed by atoms with E-state index >= 15 is 0 Å². The van der Waals surface area contributed by atoms with Crippen molar-refractivity contribution < 1.29 is 4.79 Å². The first-order valence-corrected chi connectivity index (χ1v) is 5.95. The van der Waals surface area contributed by atoms with Crippen LogP contribution < -0.4 is 5.32 Å². The summed E-state index contributed by atoms with van der Waals surface area (Å²) >= 11 is 0. The van der Waals surface area contributed by atoms with E-state index in [2.05, 4.69) is 19.2 Å². The van der Waals surface area contributed by atoms with E-state index in [4.69, 9.17) is 0 Å². The van der Waals surface area contributed by atoms with Gasteiger partial charge in [0.15, 0.2) is 0 Å². The van der Waals surface area contributed by atoms with Crippen LogP contribution in [-0.4, -0.2) is 11.9 Å². The minimum absolute atomic E-state index is 0.0470. The summed E-state index contributed by atoms with van der Waals surface area (Å²) in [4.78, 5) is 12.0. The van der Waals surface area contributed by atoms with Crippen LogP contribution in [0.3, 0.4) is 0 Å². The van der Waals surface area contributed by atoms with Gasteiger partial charge in [0, 0.05) is 11.5 Å². The van der Waals surface area contributed by atoms with Crippen molar-refractivity contribution in [1.82, 2.24) is 5.32 Å². The SMILES string of the molecule is CC(C)C1CCC2(CCCC2)C(=O)N1. The number of hydrogen-bond acceptors (Lipinski definition) is 1. The van der Waals surface area contributed by atoms with Crippen molar-refractivity contribution >= 4 is 5.91 Å². The monoisotopic (exact) mass is 195 g/mol. The second kappa shape index (κ2) is 3.56. The highest BCUT2D eigenvalue weighted by atomic mass is 16.2. The standard InChI is InChI=1S/C12H21NO/c1-9(2)10-5-8-12(11(14)13-10)6-3-4-7-12/h9-10H,3-8H2,1-2H3,(H,13,14). The molecule has 1 N–H and O–H groups in total. The Labute approximate surface area is 86.5 Å². The molecule has 1 unspecified atom stereocenters. The largest absolute Gasteiger partial charge is 0.353 e. The minimum atomic E-state index is 0.0470. The molecule has 2 fully saturated rings. The van der Waals surface area contributed by atoms with Crippen LogP contribution in [0.2, 0.25) is 0 Å². The molecule has 1 spiro atoms. The molecule has 1 heterocycles. The Morgan fingerprint density at radius 2 is 1.93 bits per heavy atom. The first-order chi connectivity index (χ1) is 6.64. The van der Waals surface area contributed by atoms with Crippen LogP contribution in [-0.2, 0) is 4.79 Å². The van der Waals surface area contributed by atoms with E-state index in [9.17, 15) is 4.79 Å². The van der Waals surface area contributed by atoms with Crippen molar-refractivity contribution in [1.29, 1.82) is 0 Å². The lowest BCUT2D eigenvalue weighted by Gasteiger charge is -2.38. The Morgan fingerprint density at radius 3 is 2.43 bits per heavy atom. The van der Waals surface area contributed by atoms with Crippen molar-refractivity contribution in [2.24, 2.45) is 11.3 Å². The number of amides is 1. The number of carbonyl (C=O) groups excluding carboxylic acids is 1. The molecular weight excluding hydrogens is 174 g/mol. The normalized spacial score (nSPS) is 31.1. The maximum Gasteiger partial charge on any atom is 0.226 e. The molecule has 1 aliphatic carbocycles. The Morgan fingerprint density at radius 1 is 1.29 bits per heavy atom. The smallest absolute Gasteiger partial charge is 0.226 e. The Hall–Kier alpha value is -0.530. The third kappa shape index (κ3) is 1.55. The maximum absolute atomic E-state index is 12.0. The molecule has 1 amide bonds. The summed E-state index contributed by atoms with van der Waals surface area (Å²) in [6.07, 6.45) is 7.07. The topological polar surface area (TPSA) is 29.1 Å². The van der Waals surface area contributed by atoms with Gasteiger partial charge in [-0.1, -0.05) is 26.7 Å². The predicted octanol–water partition coefficient (Wildman–Crippen LogP) is 2.48. The molecule has 2 rings (SSSR count). The average Bonchev–Trinajstić information content (AvgIpc) is 2.59. The minimum Gasteiger partial charge on any atom is -0.353 e. The fraction of sp³-hybridized carbons (Fsp3) is 0.917. The van der Waals surface area contributed by atoms with E-state index in [-0.39, 0.29) is 5.41 Å². The third-order valence-electron chi connectivity index (χ3n) is 4.10. The first kappa shape index (κ1) is 10.0. The van der Waals surface area contributed by atoms with E-state index in [1.54, 1.807) is 0 Å². The maximum atomic E-state index is 12.0. The second-order valence-corrected chi connectivity index (χ2v) is 5.35. The fourth-order valence-corrected chi connectivity index (χ4v) is 2.97. The van der Waals surface area contributed by atoms with Crippen LogP contribution in [0.15, 0.2) is 0 Å². The number of carbonyl (C=O) groups is 1. The third-order valence-corrected chi connectivity index (χ3v) is 4.10. The highest BCUT2D eigenvalue weighted by molar-refractivity contribution is 5.84. The van der Waals surface area contributed by atoms with Gasteiger partial charge in [-0.05, 0) is 31.6 Å². The number of piperidine rings is 1. The van der Waals surface area contributed by atoms with Crippen molar-refractivity contribution in [3.63, 3.8) is 0 Å². The van der Waals surface area contributed by atoms with E-state index in [1.165, 1.54) is 19.3 Å². The second-order valence-electron chi connectivity index (χ2n) is 5.35. The van der Waals surface area contributed by atoms with Crippen LogP contribution in [0.5, 0.6) is 0 Å². The van der Waals surface area contributed by atoms with Crippen LogP contribution in [0.4, 0.5) is 0 Å². The van der Waals surface area contributed by atoms with Gasteiger partial charge in [-0.3, -0.25) is 4.79 Å². The summed E-state index contributed by atoms with van der Waals surface area (Å²) in [5.74, 6) is 0.928. The molecule has 14 heavy (non-hydrogen) atoms. The van der Waals surface area contributed by atoms with Crippen LogP contribution in [0, 0.1) is 11.3 Å². The van der Waals surface area contributed by atoms with E-state index in [1.807, 2.05) is 0 Å². The van der Waals surface area contributed by atoms with Crippen molar-refractivity contribution in [2.45, 2.75) is 58.4 Å². The molecule has 0 radical (unpaired) electrons. The lowest BCUT2D eigenvalue weighted by atomic mass is 9.75. The van der Waals surface area contributed by atoms with Gasteiger partial charge in [-0.2, -0.15) is 0 Å². The van der Waals surface area contributed by atoms with Crippen molar-refractivity contribution in [2.75, 3.05) is 0 Å². The molecule has 1 atom stereocenters. The Balaban J connectivity index is 2.03. The van der Waals surface area contributed by atoms with E-state index in [0.29, 0.717) is 17.9 Å². The molecule has 0 aromatic heterocycles. The molecule has 0 aromatic rings. The lowest BCUT2D eigenvalue weighted by molar-refractivity contribution is -0.135. The van der Waals surface area contributed by atoms with Crippen molar-refractivity contribution in [3.05, 3.63) is 0 Å². The summed E-state index contributed by atoms with van der Waals surface area (Å²) < 4.78 is 0. The molecule has 0 aromatic carbocycles. The molecule has 0 bridgehead atoms. The molecule has 2 aliphatic rings. The van der Waals surface area contributed by atoms with Crippen LogP contribution >= 0.6 is 0 Å². The Kier molecular flexibility index (Phi) is 2.54. The molecule has 80 valence electrons. The van der Waals surface area contributed by atoms with Gasteiger partial charge in [0.05, 0.1) is 0 Å². The van der Waals surface area contributed by atoms with Gasteiger partial charge in [0.2, 0.25) is 5.91 Å². The lowest BCUT2D eigenvalue weighted by Crippen LogP contribution is -2.51. The van der Waals surface area contributed by atoms with Gasteiger partial charge in [0.1, 0.15) is 0 Å². The van der Waals surface area contributed by atoms with Gasteiger partial charge in [0.25, 0.3) is 0 Å². The molecule has 2 heteroatoms. The molecule has 1 saturated heterocycles. The highest BCUT2D eigenvalue weighted by Gasteiger charge is 2.44. The van der Waals surface area contributed by atoms with E-state index < -0.39 is 0 Å². The number of nitrogens with one attached hydrogen (secondary N) is 1. The Bertz CT molecular complexity index is 228. The van der Waals surface area contributed by atoms with Gasteiger partial charge in [-0.15, -0.1) is 0 Å². The fourth-order valence-electron chi connectivity index (χ4n) is 2.97. The zero-order valence-electron chi connectivity index (χ0n) is 9.31.